The Morgan fingerprint density at radius 1 is 0.895 bits per heavy atom. The summed E-state index contributed by atoms with van der Waals surface area (Å²) in [5.41, 5.74) is 0. The molecule has 0 aromatic heterocycles. The van der Waals surface area contributed by atoms with Crippen LogP contribution in [0.15, 0.2) is 0 Å². The molecule has 0 amide bonds. The highest BCUT2D eigenvalue weighted by Crippen LogP contribution is 2.19. The second-order valence-electron chi connectivity index (χ2n) is 6.17. The molecule has 0 spiro atoms. The minimum atomic E-state index is 0.832. The average Bonchev–Trinajstić information content (AvgIpc) is 2.88. The van der Waals surface area contributed by atoms with Crippen molar-refractivity contribution in [1.82, 2.24) is 4.90 Å². The quantitative estimate of drug-likeness (QED) is 0.324. The molecule has 0 aliphatic carbocycles. The maximum absolute atomic E-state index is 3.64. The zero-order valence-electron chi connectivity index (χ0n) is 13.0. The standard InChI is InChI=1S/C17H34BrN/c1-2-3-4-5-6-7-8-9-10-11-14-19-15-12-13-17(19)16-18/h17H,2-16H2,1H3. The Morgan fingerprint density at radius 2 is 1.47 bits per heavy atom. The van der Waals surface area contributed by atoms with E-state index in [1.54, 1.807) is 0 Å². The van der Waals surface area contributed by atoms with E-state index in [0.717, 1.165) is 6.04 Å². The Kier molecular flexibility index (Phi) is 11.2. The van der Waals surface area contributed by atoms with Gasteiger partial charge >= 0.3 is 0 Å². The molecular weight excluding hydrogens is 298 g/mol. The average molecular weight is 332 g/mol. The molecule has 114 valence electrons. The molecule has 1 fully saturated rings. The predicted octanol–water partition coefficient (Wildman–Crippen LogP) is 5.77. The smallest absolute Gasteiger partial charge is 0.0193 e. The van der Waals surface area contributed by atoms with Gasteiger partial charge in [-0.25, -0.2) is 0 Å². The van der Waals surface area contributed by atoms with Gasteiger partial charge in [0, 0.05) is 11.4 Å². The van der Waals surface area contributed by atoms with Gasteiger partial charge in [0.15, 0.2) is 0 Å². The highest BCUT2D eigenvalue weighted by atomic mass is 79.9. The van der Waals surface area contributed by atoms with Crippen molar-refractivity contribution in [2.24, 2.45) is 0 Å². The first-order valence-electron chi connectivity index (χ1n) is 8.68. The summed E-state index contributed by atoms with van der Waals surface area (Å²) < 4.78 is 0. The zero-order valence-corrected chi connectivity index (χ0v) is 14.6. The number of nitrogens with zero attached hydrogens (tertiary/aromatic N) is 1. The summed E-state index contributed by atoms with van der Waals surface area (Å²) in [7, 11) is 0. The minimum absolute atomic E-state index is 0.832. The van der Waals surface area contributed by atoms with E-state index in [-0.39, 0.29) is 0 Å². The first kappa shape index (κ1) is 17.5. The number of rotatable bonds is 12. The van der Waals surface area contributed by atoms with Crippen LogP contribution in [-0.2, 0) is 0 Å². The van der Waals surface area contributed by atoms with Gasteiger partial charge in [0.05, 0.1) is 0 Å². The van der Waals surface area contributed by atoms with Crippen LogP contribution in [0.25, 0.3) is 0 Å². The van der Waals surface area contributed by atoms with Crippen molar-refractivity contribution in [2.45, 2.75) is 90.0 Å². The fourth-order valence-electron chi connectivity index (χ4n) is 3.17. The fourth-order valence-corrected chi connectivity index (χ4v) is 3.90. The van der Waals surface area contributed by atoms with Crippen molar-refractivity contribution in [3.63, 3.8) is 0 Å². The minimum Gasteiger partial charge on any atom is -0.300 e. The maximum Gasteiger partial charge on any atom is 0.0193 e. The first-order chi connectivity index (χ1) is 9.38. The lowest BCUT2D eigenvalue weighted by molar-refractivity contribution is 0.266. The summed E-state index contributed by atoms with van der Waals surface area (Å²) in [5, 5.41) is 1.17. The van der Waals surface area contributed by atoms with E-state index < -0.39 is 0 Å². The first-order valence-corrected chi connectivity index (χ1v) is 9.80. The third kappa shape index (κ3) is 8.34. The SMILES string of the molecule is CCCCCCCCCCCCN1CCCC1CBr. The predicted molar refractivity (Wildman–Crippen MR) is 90.2 cm³/mol. The molecule has 1 aliphatic heterocycles. The molecule has 1 saturated heterocycles. The van der Waals surface area contributed by atoms with Crippen LogP contribution in [-0.4, -0.2) is 29.4 Å². The molecule has 0 saturated carbocycles. The highest BCUT2D eigenvalue weighted by Gasteiger charge is 2.22. The molecule has 0 radical (unpaired) electrons. The Bertz CT molecular complexity index is 196. The number of unbranched alkanes of at least 4 members (excludes halogenated alkanes) is 9. The lowest BCUT2D eigenvalue weighted by Gasteiger charge is -2.22. The lowest BCUT2D eigenvalue weighted by atomic mass is 10.1. The Labute approximate surface area is 129 Å². The number of halogens is 1. The van der Waals surface area contributed by atoms with Gasteiger partial charge in [-0.05, 0) is 32.4 Å². The van der Waals surface area contributed by atoms with Crippen LogP contribution in [0.3, 0.4) is 0 Å². The monoisotopic (exact) mass is 331 g/mol. The number of likely N-dealkylation sites (tertiary alicyclic amines) is 1. The molecule has 0 aromatic rings. The molecule has 1 unspecified atom stereocenters. The van der Waals surface area contributed by atoms with E-state index >= 15 is 0 Å². The largest absolute Gasteiger partial charge is 0.300 e. The van der Waals surface area contributed by atoms with Gasteiger partial charge in [0.25, 0.3) is 0 Å². The van der Waals surface area contributed by atoms with Crippen LogP contribution < -0.4 is 0 Å². The van der Waals surface area contributed by atoms with E-state index in [4.69, 9.17) is 0 Å². The van der Waals surface area contributed by atoms with Crippen LogP contribution in [0.2, 0.25) is 0 Å². The van der Waals surface area contributed by atoms with Crippen molar-refractivity contribution in [1.29, 1.82) is 0 Å². The lowest BCUT2D eigenvalue weighted by Crippen LogP contribution is -2.31. The van der Waals surface area contributed by atoms with Crippen LogP contribution >= 0.6 is 15.9 Å². The third-order valence-electron chi connectivity index (χ3n) is 4.48. The second-order valence-corrected chi connectivity index (χ2v) is 6.82. The molecule has 2 heteroatoms. The summed E-state index contributed by atoms with van der Waals surface area (Å²) in [5.74, 6) is 0. The summed E-state index contributed by atoms with van der Waals surface area (Å²) in [6, 6.07) is 0.832. The van der Waals surface area contributed by atoms with Crippen LogP contribution in [0, 0.1) is 0 Å². The van der Waals surface area contributed by atoms with Crippen LogP contribution in [0.5, 0.6) is 0 Å². The summed E-state index contributed by atoms with van der Waals surface area (Å²) in [4.78, 5) is 2.69. The van der Waals surface area contributed by atoms with E-state index in [1.807, 2.05) is 0 Å². The number of hydrogen-bond donors (Lipinski definition) is 0. The molecule has 1 rings (SSSR count). The summed E-state index contributed by atoms with van der Waals surface area (Å²) >= 11 is 3.64. The van der Waals surface area contributed by atoms with E-state index in [9.17, 15) is 0 Å². The molecule has 1 aliphatic rings. The molecule has 19 heavy (non-hydrogen) atoms. The van der Waals surface area contributed by atoms with E-state index in [1.165, 1.54) is 95.5 Å². The highest BCUT2D eigenvalue weighted by molar-refractivity contribution is 9.09. The van der Waals surface area contributed by atoms with Crippen molar-refractivity contribution in [2.75, 3.05) is 18.4 Å². The van der Waals surface area contributed by atoms with Gasteiger partial charge in [0.1, 0.15) is 0 Å². The Balaban J connectivity index is 1.81. The van der Waals surface area contributed by atoms with Crippen molar-refractivity contribution in [3.8, 4) is 0 Å². The second kappa shape index (κ2) is 12.2. The van der Waals surface area contributed by atoms with Crippen LogP contribution in [0.4, 0.5) is 0 Å². The molecule has 1 heterocycles. The topological polar surface area (TPSA) is 3.24 Å². The van der Waals surface area contributed by atoms with Crippen LogP contribution in [0.1, 0.15) is 84.0 Å². The third-order valence-corrected chi connectivity index (χ3v) is 5.22. The van der Waals surface area contributed by atoms with Crippen molar-refractivity contribution < 1.29 is 0 Å². The van der Waals surface area contributed by atoms with Crippen molar-refractivity contribution >= 4 is 15.9 Å². The summed E-state index contributed by atoms with van der Waals surface area (Å²) in [6.45, 7) is 4.97. The fraction of sp³-hybridized carbons (Fsp3) is 1.00. The van der Waals surface area contributed by atoms with Gasteiger partial charge in [0.2, 0.25) is 0 Å². The van der Waals surface area contributed by atoms with E-state index in [2.05, 4.69) is 27.8 Å². The number of hydrogen-bond acceptors (Lipinski definition) is 1. The molecule has 0 aromatic carbocycles. The summed E-state index contributed by atoms with van der Waals surface area (Å²) in [6.07, 6.45) is 17.3. The van der Waals surface area contributed by atoms with Gasteiger partial charge in [-0.1, -0.05) is 80.6 Å². The van der Waals surface area contributed by atoms with Gasteiger partial charge in [-0.15, -0.1) is 0 Å². The van der Waals surface area contributed by atoms with Crippen molar-refractivity contribution in [3.05, 3.63) is 0 Å². The Morgan fingerprint density at radius 3 is 2.05 bits per heavy atom. The van der Waals surface area contributed by atoms with Gasteiger partial charge in [-0.3, -0.25) is 4.90 Å². The van der Waals surface area contributed by atoms with Gasteiger partial charge in [-0.2, -0.15) is 0 Å². The molecule has 0 bridgehead atoms. The maximum atomic E-state index is 3.64. The van der Waals surface area contributed by atoms with Gasteiger partial charge < -0.3 is 0 Å². The van der Waals surface area contributed by atoms with E-state index in [0.29, 0.717) is 0 Å². The molecular formula is C17H34BrN. The molecule has 1 nitrogen and oxygen atoms in total. The normalized spacial score (nSPS) is 20.2. The Hall–Kier alpha value is 0.440. The molecule has 1 atom stereocenters. The molecule has 0 N–H and O–H groups in total. The number of alkyl halides is 1. The zero-order chi connectivity index (χ0) is 13.8.